The largest absolute Gasteiger partial charge is 0.382 e. The maximum Gasteiger partial charge on any atom is 0.251 e. The summed E-state index contributed by atoms with van der Waals surface area (Å²) in [6.45, 7) is 0. The van der Waals surface area contributed by atoms with Gasteiger partial charge in [-0.3, -0.25) is 9.78 Å². The van der Waals surface area contributed by atoms with Gasteiger partial charge >= 0.3 is 0 Å². The summed E-state index contributed by atoms with van der Waals surface area (Å²) in [7, 11) is 0. The molecule has 8 heteroatoms. The number of nitrogens with one attached hydrogen (secondary N) is 1. The van der Waals surface area contributed by atoms with Crippen molar-refractivity contribution in [3.8, 4) is 11.4 Å². The van der Waals surface area contributed by atoms with E-state index in [2.05, 4.69) is 24.9 Å². The third-order valence-electron chi connectivity index (χ3n) is 2.64. The average Bonchev–Trinajstić information content (AvgIpc) is 2.87. The maximum atomic E-state index is 11.4. The molecule has 3 rings (SSSR count). The highest BCUT2D eigenvalue weighted by Gasteiger charge is 2.15. The number of nitrogens with zero attached hydrogens (tertiary/aromatic N) is 4. The van der Waals surface area contributed by atoms with Gasteiger partial charge < -0.3 is 16.5 Å². The summed E-state index contributed by atoms with van der Waals surface area (Å²) in [4.78, 5) is 30.5. The fraction of sp³-hybridized carbons (Fsp3) is 0. The predicted molar refractivity (Wildman–Crippen MR) is 67.8 cm³/mol. The highest BCUT2D eigenvalue weighted by molar-refractivity contribution is 5.99. The van der Waals surface area contributed by atoms with Gasteiger partial charge in [0, 0.05) is 18.0 Å². The second-order valence-corrected chi connectivity index (χ2v) is 3.82. The molecule has 0 atom stereocenters. The van der Waals surface area contributed by atoms with Crippen LogP contribution >= 0.6 is 0 Å². The number of hydrogen-bond donors (Lipinski definition) is 3. The van der Waals surface area contributed by atoms with Crippen molar-refractivity contribution in [1.29, 1.82) is 0 Å². The van der Waals surface area contributed by atoms with E-state index in [-0.39, 0.29) is 17.2 Å². The topological polar surface area (TPSA) is 136 Å². The quantitative estimate of drug-likeness (QED) is 0.593. The molecular weight excluding hydrogens is 246 g/mol. The van der Waals surface area contributed by atoms with Gasteiger partial charge in [0.25, 0.3) is 5.91 Å². The second-order valence-electron chi connectivity index (χ2n) is 3.82. The fourth-order valence-corrected chi connectivity index (χ4v) is 1.76. The van der Waals surface area contributed by atoms with Gasteiger partial charge in [0.2, 0.25) is 0 Å². The highest BCUT2D eigenvalue weighted by Crippen LogP contribution is 2.22. The van der Waals surface area contributed by atoms with Crippen LogP contribution in [0.1, 0.15) is 10.4 Å². The van der Waals surface area contributed by atoms with Crippen molar-refractivity contribution in [2.75, 3.05) is 5.73 Å². The minimum absolute atomic E-state index is 0.233. The maximum absolute atomic E-state index is 11.4. The molecule has 0 unspecified atom stereocenters. The van der Waals surface area contributed by atoms with Crippen molar-refractivity contribution >= 4 is 22.9 Å². The Kier molecular flexibility index (Phi) is 2.34. The van der Waals surface area contributed by atoms with E-state index in [0.717, 1.165) is 0 Å². The van der Waals surface area contributed by atoms with Crippen molar-refractivity contribution in [2.45, 2.75) is 0 Å². The van der Waals surface area contributed by atoms with Crippen LogP contribution in [0.5, 0.6) is 0 Å². The Bertz CT molecular complexity index is 780. The molecule has 1 amide bonds. The fourth-order valence-electron chi connectivity index (χ4n) is 1.76. The molecule has 0 aromatic carbocycles. The van der Waals surface area contributed by atoms with Crippen molar-refractivity contribution in [1.82, 2.24) is 24.9 Å². The molecule has 0 aliphatic rings. The van der Waals surface area contributed by atoms with Crippen molar-refractivity contribution < 1.29 is 4.79 Å². The summed E-state index contributed by atoms with van der Waals surface area (Å²) < 4.78 is 0. The van der Waals surface area contributed by atoms with Gasteiger partial charge in [-0.15, -0.1) is 0 Å². The SMILES string of the molecule is NC(=O)c1cnccc1-c1nc(N)c2[nH]cnc2n1. The number of anilines is 1. The first kappa shape index (κ1) is 11.1. The molecule has 0 aliphatic carbocycles. The van der Waals surface area contributed by atoms with Crippen LogP contribution in [0.2, 0.25) is 0 Å². The van der Waals surface area contributed by atoms with Crippen LogP contribution in [-0.4, -0.2) is 30.8 Å². The van der Waals surface area contributed by atoms with E-state index < -0.39 is 5.91 Å². The molecule has 3 heterocycles. The number of hydrogen-bond acceptors (Lipinski definition) is 6. The van der Waals surface area contributed by atoms with E-state index in [1.165, 1.54) is 18.7 Å². The van der Waals surface area contributed by atoms with Gasteiger partial charge in [-0.2, -0.15) is 0 Å². The van der Waals surface area contributed by atoms with Gasteiger partial charge in [-0.05, 0) is 6.07 Å². The Morgan fingerprint density at radius 2 is 2.16 bits per heavy atom. The number of rotatable bonds is 2. The van der Waals surface area contributed by atoms with Gasteiger partial charge in [-0.1, -0.05) is 0 Å². The second kappa shape index (κ2) is 4.02. The Morgan fingerprint density at radius 1 is 1.32 bits per heavy atom. The number of imidazole rings is 1. The molecule has 0 saturated carbocycles. The lowest BCUT2D eigenvalue weighted by atomic mass is 10.1. The van der Waals surface area contributed by atoms with E-state index >= 15 is 0 Å². The summed E-state index contributed by atoms with van der Waals surface area (Å²) in [5.74, 6) is -0.0644. The van der Waals surface area contributed by atoms with Crippen molar-refractivity contribution in [3.05, 3.63) is 30.4 Å². The van der Waals surface area contributed by atoms with E-state index in [0.29, 0.717) is 16.7 Å². The summed E-state index contributed by atoms with van der Waals surface area (Å²) >= 11 is 0. The van der Waals surface area contributed by atoms with Gasteiger partial charge in [0.05, 0.1) is 11.9 Å². The molecule has 94 valence electrons. The summed E-state index contributed by atoms with van der Waals surface area (Å²) in [6, 6.07) is 1.60. The Balaban J connectivity index is 2.27. The van der Waals surface area contributed by atoms with Gasteiger partial charge in [0.1, 0.15) is 5.52 Å². The van der Waals surface area contributed by atoms with E-state index in [1.54, 1.807) is 6.07 Å². The van der Waals surface area contributed by atoms with Crippen LogP contribution < -0.4 is 11.5 Å². The molecule has 0 fully saturated rings. The van der Waals surface area contributed by atoms with Gasteiger partial charge in [0.15, 0.2) is 17.3 Å². The molecule has 0 aliphatic heterocycles. The standard InChI is InChI=1S/C11H9N7O/c12-8-7-11(16-4-15-7)18-10(17-8)5-1-2-14-3-6(5)9(13)19/h1-4H,(H2,13,19)(H3,12,15,16,17,18). The van der Waals surface area contributed by atoms with Crippen LogP contribution in [0.25, 0.3) is 22.6 Å². The number of fused-ring (bicyclic) bond motifs is 1. The predicted octanol–water partition coefficient (Wildman–Crippen LogP) is 0.0960. The third kappa shape index (κ3) is 1.75. The first-order valence-electron chi connectivity index (χ1n) is 5.37. The molecule has 19 heavy (non-hydrogen) atoms. The molecule has 0 spiro atoms. The van der Waals surface area contributed by atoms with Crippen molar-refractivity contribution in [3.63, 3.8) is 0 Å². The Morgan fingerprint density at radius 3 is 2.95 bits per heavy atom. The number of pyridine rings is 1. The van der Waals surface area contributed by atoms with Crippen LogP contribution in [0, 0.1) is 0 Å². The van der Waals surface area contributed by atoms with Crippen LogP contribution in [-0.2, 0) is 0 Å². The number of carbonyl (C=O) groups excluding carboxylic acids is 1. The normalized spacial score (nSPS) is 10.7. The van der Waals surface area contributed by atoms with Crippen molar-refractivity contribution in [2.24, 2.45) is 5.73 Å². The molecule has 0 bridgehead atoms. The molecule has 0 saturated heterocycles. The Hall–Kier alpha value is -3.03. The summed E-state index contributed by atoms with van der Waals surface area (Å²) in [5.41, 5.74) is 12.8. The van der Waals surface area contributed by atoms with Gasteiger partial charge in [-0.25, -0.2) is 15.0 Å². The minimum atomic E-state index is -0.604. The first-order valence-corrected chi connectivity index (χ1v) is 5.37. The zero-order valence-corrected chi connectivity index (χ0v) is 9.66. The van der Waals surface area contributed by atoms with E-state index in [9.17, 15) is 4.79 Å². The number of carbonyl (C=O) groups is 1. The lowest BCUT2D eigenvalue weighted by Gasteiger charge is -2.05. The Labute approximate surface area is 106 Å². The minimum Gasteiger partial charge on any atom is -0.382 e. The number of primary amides is 1. The first-order chi connectivity index (χ1) is 9.16. The van der Waals surface area contributed by atoms with Crippen LogP contribution in [0.3, 0.4) is 0 Å². The van der Waals surface area contributed by atoms with Crippen LogP contribution in [0.4, 0.5) is 5.82 Å². The number of aromatic nitrogens is 5. The lowest BCUT2D eigenvalue weighted by molar-refractivity contribution is 0.100. The monoisotopic (exact) mass is 255 g/mol. The molecule has 5 N–H and O–H groups in total. The van der Waals surface area contributed by atoms with E-state index in [4.69, 9.17) is 11.5 Å². The number of nitrogen functional groups attached to an aromatic ring is 1. The zero-order chi connectivity index (χ0) is 13.4. The lowest BCUT2D eigenvalue weighted by Crippen LogP contribution is -2.13. The highest BCUT2D eigenvalue weighted by atomic mass is 16.1. The molecule has 3 aromatic rings. The van der Waals surface area contributed by atoms with E-state index in [1.807, 2.05) is 0 Å². The number of H-pyrrole nitrogens is 1. The zero-order valence-electron chi connectivity index (χ0n) is 9.66. The molecule has 0 radical (unpaired) electrons. The summed E-state index contributed by atoms with van der Waals surface area (Å²) in [5, 5.41) is 0. The molecular formula is C11H9N7O. The third-order valence-corrected chi connectivity index (χ3v) is 2.64. The number of amides is 1. The molecule has 8 nitrogen and oxygen atoms in total. The van der Waals surface area contributed by atoms with Crippen LogP contribution in [0.15, 0.2) is 24.8 Å². The average molecular weight is 255 g/mol. The summed E-state index contributed by atoms with van der Waals surface area (Å²) in [6.07, 6.45) is 4.36. The smallest absolute Gasteiger partial charge is 0.251 e. The molecule has 3 aromatic heterocycles. The number of aromatic amines is 1. The number of nitrogens with two attached hydrogens (primary N) is 2.